The summed E-state index contributed by atoms with van der Waals surface area (Å²) in [4.78, 5) is 72.7. The van der Waals surface area contributed by atoms with E-state index in [-0.39, 0.29) is 25.7 Å². The number of carbonyl (C=O) groups excluding carboxylic acids is 4. The molecule has 0 heterocycles. The Morgan fingerprint density at radius 1 is 0.292 bits per heavy atom. The lowest BCUT2D eigenvalue weighted by molar-refractivity contribution is -0.161. The van der Waals surface area contributed by atoms with Crippen LogP contribution in [0, 0.1) is 5.92 Å². The van der Waals surface area contributed by atoms with E-state index in [9.17, 15) is 43.2 Å². The Kier molecular flexibility index (Phi) is 68.7. The highest BCUT2D eigenvalue weighted by atomic mass is 31.2. The normalized spacial score (nSPS) is 14.2. The average Bonchev–Trinajstić information content (AvgIpc) is 1.16. The summed E-state index contributed by atoms with van der Waals surface area (Å²) in [5, 5.41) is 10.6. The lowest BCUT2D eigenvalue weighted by atomic mass is 10.00. The maximum Gasteiger partial charge on any atom is 0.472 e. The highest BCUT2D eigenvalue weighted by Gasteiger charge is 2.30. The van der Waals surface area contributed by atoms with Gasteiger partial charge in [-0.1, -0.05) is 356 Å². The second-order valence-corrected chi connectivity index (χ2v) is 30.9. The number of esters is 4. The van der Waals surface area contributed by atoms with E-state index < -0.39 is 97.5 Å². The molecule has 0 aromatic heterocycles. The first-order chi connectivity index (χ1) is 46.6. The van der Waals surface area contributed by atoms with E-state index in [4.69, 9.17) is 37.0 Å². The fourth-order valence-electron chi connectivity index (χ4n) is 11.8. The van der Waals surface area contributed by atoms with Gasteiger partial charge in [0, 0.05) is 25.7 Å². The van der Waals surface area contributed by atoms with Crippen molar-refractivity contribution >= 4 is 39.5 Å². The average molecular weight is 1410 g/mol. The molecule has 570 valence electrons. The number of unbranched alkanes of at least 4 members (excludes halogenated alkanes) is 48. The van der Waals surface area contributed by atoms with E-state index in [0.717, 1.165) is 102 Å². The highest BCUT2D eigenvalue weighted by Crippen LogP contribution is 2.45. The Morgan fingerprint density at radius 3 is 0.740 bits per heavy atom. The molecule has 0 aromatic rings. The van der Waals surface area contributed by atoms with Crippen molar-refractivity contribution in [2.45, 2.75) is 425 Å². The van der Waals surface area contributed by atoms with Crippen molar-refractivity contribution in [2.24, 2.45) is 5.92 Å². The summed E-state index contributed by atoms with van der Waals surface area (Å²) in [6.07, 6.45) is 60.0. The first-order valence-electron chi connectivity index (χ1n) is 40.2. The molecule has 0 aliphatic heterocycles. The van der Waals surface area contributed by atoms with Gasteiger partial charge in [0.1, 0.15) is 19.3 Å². The molecule has 0 amide bonds. The van der Waals surface area contributed by atoms with Gasteiger partial charge in [0.25, 0.3) is 0 Å². The van der Waals surface area contributed by atoms with E-state index in [0.29, 0.717) is 25.7 Å². The number of aliphatic hydroxyl groups excluding tert-OH is 1. The number of hydrogen-bond donors (Lipinski definition) is 3. The van der Waals surface area contributed by atoms with Crippen LogP contribution in [0.2, 0.25) is 0 Å². The molecule has 0 fully saturated rings. The Bertz CT molecular complexity index is 1840. The molecule has 6 atom stereocenters. The molecule has 0 saturated heterocycles. The lowest BCUT2D eigenvalue weighted by Gasteiger charge is -2.21. The SMILES string of the molecule is CCCCCCCCCCCCCCCCCCCCCCC(=O)O[C@H](COC(=O)CCCCCCCCCCCCCCCCCCCC)COP(=O)(O)OC[C@@H](O)COP(=O)(O)OC[C@@H](COC(=O)CCCCCCCCCC)OC(=O)CCCCCCCCC(C)CC. The molecule has 0 aromatic carbocycles. The molecule has 0 rings (SSSR count). The highest BCUT2D eigenvalue weighted by molar-refractivity contribution is 7.47. The summed E-state index contributed by atoms with van der Waals surface area (Å²) < 4.78 is 68.4. The van der Waals surface area contributed by atoms with Gasteiger partial charge in [-0.15, -0.1) is 0 Å². The van der Waals surface area contributed by atoms with Crippen LogP contribution in [0.5, 0.6) is 0 Å². The van der Waals surface area contributed by atoms with Crippen LogP contribution in [0.3, 0.4) is 0 Å². The van der Waals surface area contributed by atoms with Crippen LogP contribution < -0.4 is 0 Å². The first-order valence-corrected chi connectivity index (χ1v) is 43.2. The maximum absolute atomic E-state index is 13.1. The minimum absolute atomic E-state index is 0.103. The maximum atomic E-state index is 13.1. The standard InChI is InChI=1S/C77H150O17P2/c1-6-10-13-16-19-22-24-26-28-30-32-33-35-37-39-41-43-46-52-57-62-76(81)93-72(66-88-75(80)61-56-51-45-42-40-38-36-34-31-29-27-25-23-20-17-14-11-7-2)68-91-95(83,84)89-64-71(78)65-90-96(85,86)92-69-73(67-87-74(79)60-55-50-44-21-18-15-12-8-3)94-77(82)63-58-53-48-47-49-54-59-70(5)9-4/h70-73,78H,6-69H2,1-5H3,(H,83,84)(H,85,86)/t70?,71-,72-,73-/m1/s1. The minimum Gasteiger partial charge on any atom is -0.462 e. The molecule has 17 nitrogen and oxygen atoms in total. The third-order valence-corrected chi connectivity index (χ3v) is 20.3. The number of phosphoric ester groups is 2. The Labute approximate surface area is 588 Å². The zero-order chi connectivity index (χ0) is 70.5. The third-order valence-electron chi connectivity index (χ3n) is 18.4. The van der Waals surface area contributed by atoms with Gasteiger partial charge in [-0.3, -0.25) is 37.3 Å². The van der Waals surface area contributed by atoms with Crippen molar-refractivity contribution in [1.82, 2.24) is 0 Å². The molecule has 0 radical (unpaired) electrons. The largest absolute Gasteiger partial charge is 0.472 e. The van der Waals surface area contributed by atoms with Crippen molar-refractivity contribution in [3.8, 4) is 0 Å². The summed E-state index contributed by atoms with van der Waals surface area (Å²) in [7, 11) is -9.91. The molecule has 3 N–H and O–H groups in total. The fraction of sp³-hybridized carbons (Fsp3) is 0.948. The van der Waals surface area contributed by atoms with Crippen molar-refractivity contribution in [3.63, 3.8) is 0 Å². The van der Waals surface area contributed by atoms with E-state index in [1.54, 1.807) is 0 Å². The van der Waals surface area contributed by atoms with Crippen LogP contribution in [-0.2, 0) is 65.4 Å². The van der Waals surface area contributed by atoms with Crippen LogP contribution in [0.25, 0.3) is 0 Å². The molecule has 19 heteroatoms. The number of ether oxygens (including phenoxy) is 4. The Balaban J connectivity index is 5.17. The van der Waals surface area contributed by atoms with Crippen molar-refractivity contribution in [2.75, 3.05) is 39.6 Å². The number of phosphoric acid groups is 2. The molecular weight excluding hydrogens is 1260 g/mol. The van der Waals surface area contributed by atoms with Crippen LogP contribution in [-0.4, -0.2) is 96.7 Å². The topological polar surface area (TPSA) is 237 Å². The van der Waals surface area contributed by atoms with Gasteiger partial charge in [-0.2, -0.15) is 0 Å². The van der Waals surface area contributed by atoms with Gasteiger partial charge in [-0.05, 0) is 31.6 Å². The fourth-order valence-corrected chi connectivity index (χ4v) is 13.4. The van der Waals surface area contributed by atoms with Crippen LogP contribution in [0.15, 0.2) is 0 Å². The summed E-state index contributed by atoms with van der Waals surface area (Å²) >= 11 is 0. The lowest BCUT2D eigenvalue weighted by Crippen LogP contribution is -2.30. The second kappa shape index (κ2) is 70.1. The van der Waals surface area contributed by atoms with Crippen LogP contribution >= 0.6 is 15.6 Å². The summed E-state index contributed by atoms with van der Waals surface area (Å²) in [6, 6.07) is 0. The molecule has 0 spiro atoms. The van der Waals surface area contributed by atoms with Crippen LogP contribution in [0.1, 0.15) is 407 Å². The molecule has 3 unspecified atom stereocenters. The molecule has 0 saturated carbocycles. The Hall–Kier alpha value is -1.94. The van der Waals surface area contributed by atoms with Gasteiger partial charge >= 0.3 is 39.5 Å². The molecule has 0 aliphatic rings. The zero-order valence-electron chi connectivity index (χ0n) is 62.5. The van der Waals surface area contributed by atoms with Crippen molar-refractivity contribution in [3.05, 3.63) is 0 Å². The van der Waals surface area contributed by atoms with E-state index in [2.05, 4.69) is 34.6 Å². The smallest absolute Gasteiger partial charge is 0.462 e. The molecule has 0 bridgehead atoms. The molecule has 96 heavy (non-hydrogen) atoms. The van der Waals surface area contributed by atoms with E-state index >= 15 is 0 Å². The van der Waals surface area contributed by atoms with Crippen molar-refractivity contribution < 1.29 is 80.2 Å². The summed E-state index contributed by atoms with van der Waals surface area (Å²) in [6.45, 7) is 7.22. The predicted molar refractivity (Wildman–Crippen MR) is 391 cm³/mol. The number of rotatable bonds is 77. The van der Waals surface area contributed by atoms with Gasteiger partial charge < -0.3 is 33.8 Å². The predicted octanol–water partition coefficient (Wildman–Crippen LogP) is 22.9. The van der Waals surface area contributed by atoms with Crippen molar-refractivity contribution in [1.29, 1.82) is 0 Å². The minimum atomic E-state index is -4.96. The number of carbonyl (C=O) groups is 4. The van der Waals surface area contributed by atoms with E-state index in [1.807, 2.05) is 0 Å². The number of hydrogen-bond acceptors (Lipinski definition) is 15. The van der Waals surface area contributed by atoms with Gasteiger partial charge in [0.2, 0.25) is 0 Å². The van der Waals surface area contributed by atoms with Gasteiger partial charge in [-0.25, -0.2) is 9.13 Å². The molecular formula is C77H150O17P2. The van der Waals surface area contributed by atoms with Gasteiger partial charge in [0.15, 0.2) is 12.2 Å². The summed E-state index contributed by atoms with van der Waals surface area (Å²) in [5.74, 6) is -1.40. The quantitative estimate of drug-likeness (QED) is 0.0222. The third kappa shape index (κ3) is 69.2. The van der Waals surface area contributed by atoms with Crippen LogP contribution in [0.4, 0.5) is 0 Å². The van der Waals surface area contributed by atoms with Gasteiger partial charge in [0.05, 0.1) is 26.4 Å². The molecule has 0 aliphatic carbocycles. The summed E-state index contributed by atoms with van der Waals surface area (Å²) in [5.41, 5.74) is 0. The van der Waals surface area contributed by atoms with E-state index in [1.165, 1.54) is 225 Å². The first kappa shape index (κ1) is 94.1. The second-order valence-electron chi connectivity index (χ2n) is 28.0. The zero-order valence-corrected chi connectivity index (χ0v) is 64.3. The monoisotopic (exact) mass is 1410 g/mol. The number of aliphatic hydroxyl groups is 1. The Morgan fingerprint density at radius 2 is 0.500 bits per heavy atom.